The zero-order valence-electron chi connectivity index (χ0n) is 13.5. The fraction of sp³-hybridized carbons (Fsp3) is 0.278. The summed E-state index contributed by atoms with van der Waals surface area (Å²) in [7, 11) is 3.26. The van der Waals surface area contributed by atoms with Crippen molar-refractivity contribution in [3.8, 4) is 0 Å². The smallest absolute Gasteiger partial charge is 0.322 e. The van der Waals surface area contributed by atoms with E-state index in [-0.39, 0.29) is 17.9 Å². The Balaban J connectivity index is 2.08. The van der Waals surface area contributed by atoms with Crippen LogP contribution < -0.4 is 5.32 Å². The number of carbonyl (C=O) groups is 1. The second-order valence-corrected chi connectivity index (χ2v) is 5.37. The summed E-state index contributed by atoms with van der Waals surface area (Å²) in [6.45, 7) is 2.27. The molecule has 4 nitrogen and oxygen atoms in total. The van der Waals surface area contributed by atoms with Crippen LogP contribution in [0, 0.1) is 5.82 Å². The molecule has 0 radical (unpaired) electrons. The molecular formula is C18H21FN2O2. The predicted molar refractivity (Wildman–Crippen MR) is 88.8 cm³/mol. The molecule has 2 aromatic rings. The van der Waals surface area contributed by atoms with Gasteiger partial charge in [0.25, 0.3) is 0 Å². The molecule has 0 aromatic heterocycles. The van der Waals surface area contributed by atoms with Gasteiger partial charge in [-0.1, -0.05) is 30.3 Å². The second-order valence-electron chi connectivity index (χ2n) is 5.37. The number of anilines is 1. The molecule has 0 fully saturated rings. The first-order valence-corrected chi connectivity index (χ1v) is 7.39. The van der Waals surface area contributed by atoms with Crippen LogP contribution in [-0.2, 0) is 11.3 Å². The van der Waals surface area contributed by atoms with E-state index in [0.29, 0.717) is 17.9 Å². The summed E-state index contributed by atoms with van der Waals surface area (Å²) < 4.78 is 18.9. The van der Waals surface area contributed by atoms with Crippen LogP contribution in [0.15, 0.2) is 48.5 Å². The van der Waals surface area contributed by atoms with Crippen LogP contribution in [0.1, 0.15) is 24.1 Å². The van der Waals surface area contributed by atoms with Crippen molar-refractivity contribution in [2.24, 2.45) is 0 Å². The molecule has 0 aliphatic carbocycles. The lowest BCUT2D eigenvalue weighted by atomic mass is 10.1. The largest absolute Gasteiger partial charge is 0.380 e. The van der Waals surface area contributed by atoms with E-state index in [2.05, 4.69) is 5.32 Å². The monoisotopic (exact) mass is 316 g/mol. The minimum atomic E-state index is -0.377. The standard InChI is InChI=1S/C18H21FN2O2/c1-13(16-9-4-5-10-17(16)19)21(2)18(22)20-15-8-6-7-14(11-15)12-23-3/h4-11,13H,12H2,1-3H3,(H,20,22). The Kier molecular flexibility index (Phi) is 5.71. The Hall–Kier alpha value is -2.40. The highest BCUT2D eigenvalue weighted by atomic mass is 19.1. The van der Waals surface area contributed by atoms with Crippen LogP contribution in [-0.4, -0.2) is 25.1 Å². The van der Waals surface area contributed by atoms with Gasteiger partial charge in [0.1, 0.15) is 5.82 Å². The van der Waals surface area contributed by atoms with E-state index in [9.17, 15) is 9.18 Å². The van der Waals surface area contributed by atoms with E-state index in [1.807, 2.05) is 18.2 Å². The van der Waals surface area contributed by atoms with Gasteiger partial charge in [-0.15, -0.1) is 0 Å². The summed E-state index contributed by atoms with van der Waals surface area (Å²) in [5.74, 6) is -0.318. The molecule has 2 rings (SSSR count). The molecule has 23 heavy (non-hydrogen) atoms. The number of ether oxygens (including phenoxy) is 1. The molecule has 0 spiro atoms. The number of hydrogen-bond acceptors (Lipinski definition) is 2. The molecule has 5 heteroatoms. The van der Waals surface area contributed by atoms with Crippen molar-refractivity contribution in [3.63, 3.8) is 0 Å². The zero-order chi connectivity index (χ0) is 16.8. The second kappa shape index (κ2) is 7.74. The number of rotatable bonds is 5. The van der Waals surface area contributed by atoms with Gasteiger partial charge in [-0.05, 0) is 30.7 Å². The molecule has 0 bridgehead atoms. The summed E-state index contributed by atoms with van der Waals surface area (Å²) >= 11 is 0. The van der Waals surface area contributed by atoms with Gasteiger partial charge in [-0.3, -0.25) is 0 Å². The van der Waals surface area contributed by atoms with Crippen LogP contribution in [0.4, 0.5) is 14.9 Å². The molecule has 0 saturated carbocycles. The number of amides is 2. The molecule has 1 N–H and O–H groups in total. The minimum absolute atomic E-state index is 0.296. The molecular weight excluding hydrogens is 295 g/mol. The fourth-order valence-electron chi connectivity index (χ4n) is 2.32. The first-order valence-electron chi connectivity index (χ1n) is 7.39. The summed E-state index contributed by atoms with van der Waals surface area (Å²) in [6, 6.07) is 13.2. The van der Waals surface area contributed by atoms with E-state index in [0.717, 1.165) is 5.56 Å². The van der Waals surface area contributed by atoms with Gasteiger partial charge in [-0.25, -0.2) is 9.18 Å². The number of urea groups is 1. The van der Waals surface area contributed by atoms with E-state index in [4.69, 9.17) is 4.74 Å². The first kappa shape index (κ1) is 17.0. The lowest BCUT2D eigenvalue weighted by Crippen LogP contribution is -2.34. The van der Waals surface area contributed by atoms with Gasteiger partial charge in [-0.2, -0.15) is 0 Å². The lowest BCUT2D eigenvalue weighted by Gasteiger charge is -2.26. The van der Waals surface area contributed by atoms with Gasteiger partial charge >= 0.3 is 6.03 Å². The number of hydrogen-bond donors (Lipinski definition) is 1. The van der Waals surface area contributed by atoms with Crippen molar-refractivity contribution in [3.05, 3.63) is 65.5 Å². The zero-order valence-corrected chi connectivity index (χ0v) is 13.5. The van der Waals surface area contributed by atoms with Crippen molar-refractivity contribution < 1.29 is 13.9 Å². The third kappa shape index (κ3) is 4.29. The third-order valence-electron chi connectivity index (χ3n) is 3.75. The van der Waals surface area contributed by atoms with E-state index in [1.54, 1.807) is 45.3 Å². The van der Waals surface area contributed by atoms with Crippen LogP contribution in [0.5, 0.6) is 0 Å². The summed E-state index contributed by atoms with van der Waals surface area (Å²) in [4.78, 5) is 13.8. The molecule has 2 aromatic carbocycles. The van der Waals surface area contributed by atoms with Crippen molar-refractivity contribution >= 4 is 11.7 Å². The summed E-state index contributed by atoms with van der Waals surface area (Å²) in [5.41, 5.74) is 2.13. The van der Waals surface area contributed by atoms with E-state index >= 15 is 0 Å². The molecule has 2 amide bonds. The molecule has 122 valence electrons. The maximum Gasteiger partial charge on any atom is 0.322 e. The quantitative estimate of drug-likeness (QED) is 0.898. The summed E-state index contributed by atoms with van der Waals surface area (Å²) in [5, 5.41) is 2.82. The highest BCUT2D eigenvalue weighted by molar-refractivity contribution is 5.89. The molecule has 0 saturated heterocycles. The highest BCUT2D eigenvalue weighted by Gasteiger charge is 2.20. The Morgan fingerprint density at radius 1 is 1.26 bits per heavy atom. The van der Waals surface area contributed by atoms with Crippen molar-refractivity contribution in [1.82, 2.24) is 4.90 Å². The number of nitrogens with one attached hydrogen (secondary N) is 1. The lowest BCUT2D eigenvalue weighted by molar-refractivity contribution is 0.185. The van der Waals surface area contributed by atoms with Gasteiger partial charge in [0.15, 0.2) is 0 Å². The Bertz CT molecular complexity index is 676. The summed E-state index contributed by atoms with van der Waals surface area (Å²) in [6.07, 6.45) is 0. The number of methoxy groups -OCH3 is 1. The van der Waals surface area contributed by atoms with Gasteiger partial charge in [0.05, 0.1) is 12.6 Å². The molecule has 0 heterocycles. The third-order valence-corrected chi connectivity index (χ3v) is 3.75. The van der Waals surface area contributed by atoms with E-state index < -0.39 is 0 Å². The Labute approximate surface area is 135 Å². The van der Waals surface area contributed by atoms with Crippen LogP contribution in [0.25, 0.3) is 0 Å². The predicted octanol–water partition coefficient (Wildman–Crippen LogP) is 4.20. The SMILES string of the molecule is COCc1cccc(NC(=O)N(C)C(C)c2ccccc2F)c1. The maximum atomic E-state index is 13.9. The van der Waals surface area contributed by atoms with Gasteiger partial charge in [0, 0.05) is 25.4 Å². The van der Waals surface area contributed by atoms with Gasteiger partial charge < -0.3 is 15.0 Å². The Morgan fingerprint density at radius 3 is 2.70 bits per heavy atom. The van der Waals surface area contributed by atoms with Gasteiger partial charge in [0.2, 0.25) is 0 Å². The molecule has 0 aliphatic rings. The number of nitrogens with zero attached hydrogens (tertiary/aromatic N) is 1. The number of carbonyl (C=O) groups excluding carboxylic acids is 1. The average molecular weight is 316 g/mol. The van der Waals surface area contributed by atoms with E-state index in [1.165, 1.54) is 11.0 Å². The molecule has 1 unspecified atom stereocenters. The number of benzene rings is 2. The molecule has 1 atom stereocenters. The topological polar surface area (TPSA) is 41.6 Å². The van der Waals surface area contributed by atoms with Crippen LogP contribution >= 0.6 is 0 Å². The highest BCUT2D eigenvalue weighted by Crippen LogP contribution is 2.22. The fourth-order valence-corrected chi connectivity index (χ4v) is 2.32. The average Bonchev–Trinajstić information content (AvgIpc) is 2.54. The van der Waals surface area contributed by atoms with Crippen LogP contribution in [0.3, 0.4) is 0 Å². The molecule has 0 aliphatic heterocycles. The number of halogens is 1. The minimum Gasteiger partial charge on any atom is -0.380 e. The normalized spacial score (nSPS) is 11.8. The van der Waals surface area contributed by atoms with Crippen molar-refractivity contribution in [2.45, 2.75) is 19.6 Å². The first-order chi connectivity index (χ1) is 11.0. The van der Waals surface area contributed by atoms with Crippen molar-refractivity contribution in [1.29, 1.82) is 0 Å². The Morgan fingerprint density at radius 2 is 2.00 bits per heavy atom. The van der Waals surface area contributed by atoms with Crippen molar-refractivity contribution in [2.75, 3.05) is 19.5 Å². The maximum absolute atomic E-state index is 13.9. The van der Waals surface area contributed by atoms with Crippen LogP contribution in [0.2, 0.25) is 0 Å².